The van der Waals surface area contributed by atoms with E-state index in [0.717, 1.165) is 13.1 Å². The van der Waals surface area contributed by atoms with Crippen molar-refractivity contribution in [1.29, 1.82) is 0 Å². The molecule has 1 aliphatic heterocycles. The summed E-state index contributed by atoms with van der Waals surface area (Å²) >= 11 is 0. The number of likely N-dealkylation sites (tertiary alicyclic amines) is 1. The number of esters is 1. The molecule has 1 heterocycles. The molecule has 0 bridgehead atoms. The van der Waals surface area contributed by atoms with Gasteiger partial charge in [-0.05, 0) is 43.7 Å². The monoisotopic (exact) mass is 334 g/mol. The molecule has 1 aromatic rings. The second-order valence-corrected chi connectivity index (χ2v) is 6.21. The third kappa shape index (κ3) is 5.16. The Morgan fingerprint density at radius 3 is 2.71 bits per heavy atom. The molecule has 1 N–H and O–H groups in total. The standard InChI is InChI=1S/C18H23FN2O3/c1-21-10-8-18(9-11-21,13-17(23)24-2)20-16(22)7-6-14-4-3-5-15(19)12-14/h3-7,12H,8-11,13H2,1-2H3,(H,20,22)/b7-6+. The molecule has 0 atom stereocenters. The maximum Gasteiger partial charge on any atom is 0.307 e. The molecular formula is C18H23FN2O3. The van der Waals surface area contributed by atoms with Gasteiger partial charge in [-0.15, -0.1) is 0 Å². The van der Waals surface area contributed by atoms with Gasteiger partial charge in [0.05, 0.1) is 19.1 Å². The molecule has 1 fully saturated rings. The number of nitrogens with zero attached hydrogens (tertiary/aromatic N) is 1. The van der Waals surface area contributed by atoms with E-state index in [-0.39, 0.29) is 24.1 Å². The number of carbonyl (C=O) groups excluding carboxylic acids is 2. The van der Waals surface area contributed by atoms with Gasteiger partial charge < -0.3 is 15.0 Å². The summed E-state index contributed by atoms with van der Waals surface area (Å²) in [6.45, 7) is 1.59. The lowest BCUT2D eigenvalue weighted by Gasteiger charge is -2.40. The highest BCUT2D eigenvalue weighted by Gasteiger charge is 2.37. The quantitative estimate of drug-likeness (QED) is 0.661. The number of carbonyl (C=O) groups is 2. The number of amides is 1. The Bertz CT molecular complexity index is 622. The number of benzene rings is 1. The Kier molecular flexibility index (Phi) is 6.09. The zero-order valence-corrected chi connectivity index (χ0v) is 14.0. The fourth-order valence-electron chi connectivity index (χ4n) is 2.83. The highest BCUT2D eigenvalue weighted by molar-refractivity contribution is 5.92. The lowest BCUT2D eigenvalue weighted by Crippen LogP contribution is -2.55. The molecule has 0 unspecified atom stereocenters. The summed E-state index contributed by atoms with van der Waals surface area (Å²) < 4.78 is 17.9. The Labute approximate surface area is 141 Å². The summed E-state index contributed by atoms with van der Waals surface area (Å²) in [5.41, 5.74) is 0.0127. The number of nitrogens with one attached hydrogen (secondary N) is 1. The average Bonchev–Trinajstić information content (AvgIpc) is 2.56. The van der Waals surface area contributed by atoms with Gasteiger partial charge in [0.25, 0.3) is 0 Å². The number of hydrogen-bond acceptors (Lipinski definition) is 4. The van der Waals surface area contributed by atoms with Crippen LogP contribution in [0.15, 0.2) is 30.3 Å². The van der Waals surface area contributed by atoms with Crippen molar-refractivity contribution in [2.75, 3.05) is 27.2 Å². The van der Waals surface area contributed by atoms with Crippen molar-refractivity contribution in [2.45, 2.75) is 24.8 Å². The zero-order valence-electron chi connectivity index (χ0n) is 14.0. The van der Waals surface area contributed by atoms with Gasteiger partial charge in [-0.1, -0.05) is 12.1 Å². The zero-order chi connectivity index (χ0) is 17.6. The lowest BCUT2D eigenvalue weighted by atomic mass is 9.84. The molecule has 1 amide bonds. The fraction of sp³-hybridized carbons (Fsp3) is 0.444. The molecule has 1 saturated heterocycles. The second-order valence-electron chi connectivity index (χ2n) is 6.21. The first-order chi connectivity index (χ1) is 11.4. The number of ether oxygens (including phenoxy) is 1. The van der Waals surface area contributed by atoms with Crippen molar-refractivity contribution in [3.05, 3.63) is 41.7 Å². The smallest absolute Gasteiger partial charge is 0.307 e. The van der Waals surface area contributed by atoms with Crippen LogP contribution in [-0.4, -0.2) is 49.6 Å². The van der Waals surface area contributed by atoms with E-state index in [0.29, 0.717) is 18.4 Å². The van der Waals surface area contributed by atoms with Crippen LogP contribution in [0.5, 0.6) is 0 Å². The van der Waals surface area contributed by atoms with Crippen LogP contribution >= 0.6 is 0 Å². The first-order valence-electron chi connectivity index (χ1n) is 7.94. The van der Waals surface area contributed by atoms with Crippen molar-refractivity contribution in [3.63, 3.8) is 0 Å². The van der Waals surface area contributed by atoms with Crippen molar-refractivity contribution in [3.8, 4) is 0 Å². The van der Waals surface area contributed by atoms with Crippen molar-refractivity contribution >= 4 is 18.0 Å². The van der Waals surface area contributed by atoms with Gasteiger partial charge in [-0.2, -0.15) is 0 Å². The predicted molar refractivity (Wildman–Crippen MR) is 89.7 cm³/mol. The van der Waals surface area contributed by atoms with Crippen LogP contribution in [0.2, 0.25) is 0 Å². The summed E-state index contributed by atoms with van der Waals surface area (Å²) in [5, 5.41) is 2.96. The van der Waals surface area contributed by atoms with Crippen LogP contribution in [0.4, 0.5) is 4.39 Å². The molecule has 0 saturated carbocycles. The maximum atomic E-state index is 13.2. The van der Waals surface area contributed by atoms with E-state index >= 15 is 0 Å². The van der Waals surface area contributed by atoms with E-state index in [9.17, 15) is 14.0 Å². The molecule has 6 heteroatoms. The van der Waals surface area contributed by atoms with Gasteiger partial charge in [0.2, 0.25) is 5.91 Å². The third-order valence-electron chi connectivity index (χ3n) is 4.32. The van der Waals surface area contributed by atoms with Crippen LogP contribution in [0.3, 0.4) is 0 Å². The summed E-state index contributed by atoms with van der Waals surface area (Å²) in [4.78, 5) is 26.1. The Hall–Kier alpha value is -2.21. The van der Waals surface area contributed by atoms with E-state index in [1.807, 2.05) is 7.05 Å². The third-order valence-corrected chi connectivity index (χ3v) is 4.32. The minimum absolute atomic E-state index is 0.150. The van der Waals surface area contributed by atoms with E-state index in [1.54, 1.807) is 18.2 Å². The van der Waals surface area contributed by atoms with Crippen LogP contribution in [-0.2, 0) is 14.3 Å². The van der Waals surface area contributed by atoms with Crippen LogP contribution in [0, 0.1) is 5.82 Å². The summed E-state index contributed by atoms with van der Waals surface area (Å²) in [6, 6.07) is 6.00. The SMILES string of the molecule is COC(=O)CC1(NC(=O)/C=C/c2cccc(F)c2)CCN(C)CC1. The first kappa shape index (κ1) is 18.1. The number of hydrogen-bond donors (Lipinski definition) is 1. The maximum absolute atomic E-state index is 13.2. The van der Waals surface area contributed by atoms with Crippen molar-refractivity contribution in [1.82, 2.24) is 10.2 Å². The normalized spacial score (nSPS) is 17.6. The summed E-state index contributed by atoms with van der Waals surface area (Å²) in [5.74, 6) is -0.989. The Balaban J connectivity index is 2.05. The van der Waals surface area contributed by atoms with Gasteiger partial charge in [0, 0.05) is 19.2 Å². The van der Waals surface area contributed by atoms with E-state index in [2.05, 4.69) is 10.2 Å². The topological polar surface area (TPSA) is 58.6 Å². The van der Waals surface area contributed by atoms with Gasteiger partial charge in [0.15, 0.2) is 0 Å². The van der Waals surface area contributed by atoms with Crippen LogP contribution < -0.4 is 5.32 Å². The molecule has 2 rings (SSSR count). The number of methoxy groups -OCH3 is 1. The molecule has 5 nitrogen and oxygen atoms in total. The Morgan fingerprint density at radius 2 is 2.08 bits per heavy atom. The molecule has 0 aromatic heterocycles. The van der Waals surface area contributed by atoms with Crippen molar-refractivity contribution in [2.24, 2.45) is 0 Å². The van der Waals surface area contributed by atoms with Crippen molar-refractivity contribution < 1.29 is 18.7 Å². The predicted octanol–water partition coefficient (Wildman–Crippen LogP) is 1.98. The second kappa shape index (κ2) is 8.06. The van der Waals surface area contributed by atoms with Gasteiger partial charge in [0.1, 0.15) is 5.82 Å². The molecular weight excluding hydrogens is 311 g/mol. The molecule has 24 heavy (non-hydrogen) atoms. The van der Waals surface area contributed by atoms with Gasteiger partial charge >= 0.3 is 5.97 Å². The minimum Gasteiger partial charge on any atom is -0.469 e. The molecule has 1 aliphatic rings. The lowest BCUT2D eigenvalue weighted by molar-refractivity contribution is -0.143. The summed E-state index contributed by atoms with van der Waals surface area (Å²) in [6.07, 6.45) is 4.43. The number of halogens is 1. The van der Waals surface area contributed by atoms with Crippen LogP contribution in [0.1, 0.15) is 24.8 Å². The summed E-state index contributed by atoms with van der Waals surface area (Å²) in [7, 11) is 3.35. The molecule has 130 valence electrons. The molecule has 0 radical (unpaired) electrons. The number of rotatable bonds is 5. The largest absolute Gasteiger partial charge is 0.469 e. The highest BCUT2D eigenvalue weighted by atomic mass is 19.1. The van der Waals surface area contributed by atoms with Crippen LogP contribution in [0.25, 0.3) is 6.08 Å². The van der Waals surface area contributed by atoms with Gasteiger partial charge in [-0.25, -0.2) is 4.39 Å². The van der Waals surface area contributed by atoms with E-state index in [4.69, 9.17) is 4.74 Å². The highest BCUT2D eigenvalue weighted by Crippen LogP contribution is 2.26. The van der Waals surface area contributed by atoms with E-state index in [1.165, 1.54) is 25.3 Å². The fourth-order valence-corrected chi connectivity index (χ4v) is 2.83. The van der Waals surface area contributed by atoms with E-state index < -0.39 is 5.54 Å². The number of piperidine rings is 1. The molecule has 0 aliphatic carbocycles. The minimum atomic E-state index is -0.594. The molecule has 0 spiro atoms. The Morgan fingerprint density at radius 1 is 1.38 bits per heavy atom. The average molecular weight is 334 g/mol. The van der Waals surface area contributed by atoms with Gasteiger partial charge in [-0.3, -0.25) is 9.59 Å². The molecule has 1 aromatic carbocycles. The first-order valence-corrected chi connectivity index (χ1v) is 7.94.